The Morgan fingerprint density at radius 3 is 2.47 bits per heavy atom. The molecular formula is C13H10O4. The van der Waals surface area contributed by atoms with Crippen LogP contribution in [0.5, 0.6) is 11.5 Å². The molecule has 0 aliphatic carbocycles. The van der Waals surface area contributed by atoms with Gasteiger partial charge in [-0.05, 0) is 12.1 Å². The SMILES string of the molecule is C#CCOc1ccc(C(=O)O)c(OCC#C)c1. The molecule has 0 radical (unpaired) electrons. The summed E-state index contributed by atoms with van der Waals surface area (Å²) in [6.07, 6.45) is 10.1. The second kappa shape index (κ2) is 6.09. The van der Waals surface area contributed by atoms with Gasteiger partial charge in [-0.25, -0.2) is 4.79 Å². The fraction of sp³-hybridized carbons (Fsp3) is 0.154. The van der Waals surface area contributed by atoms with Crippen molar-refractivity contribution in [2.24, 2.45) is 0 Å². The highest BCUT2D eigenvalue weighted by Crippen LogP contribution is 2.25. The number of benzene rings is 1. The third-order valence-electron chi connectivity index (χ3n) is 1.82. The quantitative estimate of drug-likeness (QED) is 0.777. The lowest BCUT2D eigenvalue weighted by Gasteiger charge is -2.09. The Morgan fingerprint density at radius 1 is 1.24 bits per heavy atom. The van der Waals surface area contributed by atoms with Crippen LogP contribution in [0, 0.1) is 24.7 Å². The molecule has 0 saturated heterocycles. The summed E-state index contributed by atoms with van der Waals surface area (Å²) in [6.45, 7) is 0.0832. The molecule has 0 aliphatic heterocycles. The van der Waals surface area contributed by atoms with Crippen molar-refractivity contribution in [1.29, 1.82) is 0 Å². The van der Waals surface area contributed by atoms with Crippen molar-refractivity contribution >= 4 is 5.97 Å². The number of ether oxygens (including phenoxy) is 2. The Balaban J connectivity index is 2.98. The van der Waals surface area contributed by atoms with Gasteiger partial charge >= 0.3 is 5.97 Å². The molecule has 0 spiro atoms. The molecule has 4 heteroatoms. The molecule has 0 bridgehead atoms. The number of rotatable bonds is 5. The maximum atomic E-state index is 10.9. The molecule has 0 aliphatic rings. The van der Waals surface area contributed by atoms with Crippen molar-refractivity contribution in [1.82, 2.24) is 0 Å². The predicted molar refractivity (Wildman–Crippen MR) is 62.1 cm³/mol. The summed E-state index contributed by atoms with van der Waals surface area (Å²) in [4.78, 5) is 10.9. The molecule has 0 unspecified atom stereocenters. The number of carboxylic acid groups (broad SMARTS) is 1. The lowest BCUT2D eigenvalue weighted by molar-refractivity contribution is 0.0693. The minimum absolute atomic E-state index is 0.0150. The number of terminal acetylenes is 2. The third kappa shape index (κ3) is 3.48. The minimum atomic E-state index is -1.10. The van der Waals surface area contributed by atoms with Gasteiger partial charge in [0.1, 0.15) is 30.3 Å². The number of hydrogen-bond acceptors (Lipinski definition) is 3. The highest BCUT2D eigenvalue weighted by molar-refractivity contribution is 5.91. The van der Waals surface area contributed by atoms with Crippen LogP contribution in [0.3, 0.4) is 0 Å². The summed E-state index contributed by atoms with van der Waals surface area (Å²) >= 11 is 0. The molecule has 4 nitrogen and oxygen atoms in total. The number of carbonyl (C=O) groups is 1. The Bertz CT molecular complexity index is 491. The fourth-order valence-electron chi connectivity index (χ4n) is 1.13. The van der Waals surface area contributed by atoms with Gasteiger partial charge in [-0.15, -0.1) is 12.8 Å². The maximum absolute atomic E-state index is 10.9. The van der Waals surface area contributed by atoms with Crippen LogP contribution in [0.25, 0.3) is 0 Å². The van der Waals surface area contributed by atoms with Crippen molar-refractivity contribution < 1.29 is 19.4 Å². The molecule has 1 rings (SSSR count). The van der Waals surface area contributed by atoms with Crippen molar-refractivity contribution in [2.75, 3.05) is 13.2 Å². The molecule has 1 aromatic carbocycles. The summed E-state index contributed by atoms with van der Waals surface area (Å²) < 4.78 is 10.3. The van der Waals surface area contributed by atoms with Crippen LogP contribution < -0.4 is 9.47 Å². The Labute approximate surface area is 99.2 Å². The van der Waals surface area contributed by atoms with Crippen LogP contribution in [-0.2, 0) is 0 Å². The van der Waals surface area contributed by atoms with Crippen LogP contribution in [0.4, 0.5) is 0 Å². The highest BCUT2D eigenvalue weighted by Gasteiger charge is 2.12. The number of aromatic carboxylic acids is 1. The molecule has 0 aromatic heterocycles. The van der Waals surface area contributed by atoms with E-state index >= 15 is 0 Å². The van der Waals surface area contributed by atoms with Gasteiger partial charge in [0.2, 0.25) is 0 Å². The van der Waals surface area contributed by atoms with Gasteiger partial charge in [0.25, 0.3) is 0 Å². The monoisotopic (exact) mass is 230 g/mol. The smallest absolute Gasteiger partial charge is 0.339 e. The van der Waals surface area contributed by atoms with Gasteiger partial charge in [-0.2, -0.15) is 0 Å². The standard InChI is InChI=1S/C13H10O4/c1-3-7-16-10-5-6-11(13(14)15)12(9-10)17-8-4-2/h1-2,5-6,9H,7-8H2,(H,14,15). The molecule has 86 valence electrons. The predicted octanol–water partition coefficient (Wildman–Crippen LogP) is 1.41. The van der Waals surface area contributed by atoms with Crippen molar-refractivity contribution in [3.05, 3.63) is 23.8 Å². The van der Waals surface area contributed by atoms with E-state index < -0.39 is 5.97 Å². The minimum Gasteiger partial charge on any atom is -0.481 e. The van der Waals surface area contributed by atoms with E-state index in [4.69, 9.17) is 27.4 Å². The first kappa shape index (κ1) is 12.5. The number of carboxylic acids is 1. The Kier molecular flexibility index (Phi) is 4.47. The first-order chi connectivity index (χ1) is 8.19. The zero-order valence-electron chi connectivity index (χ0n) is 8.97. The zero-order chi connectivity index (χ0) is 12.7. The molecule has 0 saturated carbocycles. The first-order valence-electron chi connectivity index (χ1n) is 4.69. The highest BCUT2D eigenvalue weighted by atomic mass is 16.5. The van der Waals surface area contributed by atoms with E-state index in [0.717, 1.165) is 0 Å². The summed E-state index contributed by atoms with van der Waals surface area (Å²) in [5.41, 5.74) is 0.0216. The van der Waals surface area contributed by atoms with E-state index in [-0.39, 0.29) is 24.5 Å². The second-order valence-corrected chi connectivity index (χ2v) is 2.95. The van der Waals surface area contributed by atoms with E-state index in [1.807, 2.05) is 0 Å². The lowest BCUT2D eigenvalue weighted by Crippen LogP contribution is -2.04. The maximum Gasteiger partial charge on any atom is 0.339 e. The van der Waals surface area contributed by atoms with Crippen LogP contribution in [0.2, 0.25) is 0 Å². The Hall–Kier alpha value is -2.59. The van der Waals surface area contributed by atoms with Crippen LogP contribution in [0.15, 0.2) is 18.2 Å². The zero-order valence-corrected chi connectivity index (χ0v) is 8.97. The van der Waals surface area contributed by atoms with Crippen molar-refractivity contribution in [3.8, 4) is 36.2 Å². The molecule has 0 atom stereocenters. The first-order valence-corrected chi connectivity index (χ1v) is 4.69. The van der Waals surface area contributed by atoms with Crippen molar-refractivity contribution in [2.45, 2.75) is 0 Å². The summed E-state index contributed by atoms with van der Waals surface area (Å²) in [5, 5.41) is 8.93. The molecule has 17 heavy (non-hydrogen) atoms. The Morgan fingerprint density at radius 2 is 1.88 bits per heavy atom. The number of hydrogen-bond donors (Lipinski definition) is 1. The van der Waals surface area contributed by atoms with Crippen LogP contribution in [-0.4, -0.2) is 24.3 Å². The van der Waals surface area contributed by atoms with Gasteiger partial charge in [-0.1, -0.05) is 11.8 Å². The lowest BCUT2D eigenvalue weighted by atomic mass is 10.2. The van der Waals surface area contributed by atoms with E-state index in [1.165, 1.54) is 18.2 Å². The average Bonchev–Trinajstić information content (AvgIpc) is 2.33. The van der Waals surface area contributed by atoms with Crippen LogP contribution in [0.1, 0.15) is 10.4 Å². The van der Waals surface area contributed by atoms with Gasteiger partial charge in [-0.3, -0.25) is 0 Å². The average molecular weight is 230 g/mol. The van der Waals surface area contributed by atoms with Gasteiger partial charge in [0.15, 0.2) is 0 Å². The summed E-state index contributed by atoms with van der Waals surface area (Å²) in [6, 6.07) is 4.32. The van der Waals surface area contributed by atoms with Crippen molar-refractivity contribution in [3.63, 3.8) is 0 Å². The van der Waals surface area contributed by atoms with E-state index in [1.54, 1.807) is 0 Å². The topological polar surface area (TPSA) is 55.8 Å². The van der Waals surface area contributed by atoms with Gasteiger partial charge in [0.05, 0.1) is 0 Å². The van der Waals surface area contributed by atoms with E-state index in [0.29, 0.717) is 5.75 Å². The van der Waals surface area contributed by atoms with Crippen LogP contribution >= 0.6 is 0 Å². The van der Waals surface area contributed by atoms with E-state index in [9.17, 15) is 4.79 Å². The largest absolute Gasteiger partial charge is 0.481 e. The van der Waals surface area contributed by atoms with E-state index in [2.05, 4.69) is 11.8 Å². The molecule has 1 aromatic rings. The molecule has 0 amide bonds. The summed E-state index contributed by atoms with van der Waals surface area (Å²) in [5.74, 6) is 4.05. The summed E-state index contributed by atoms with van der Waals surface area (Å²) in [7, 11) is 0. The molecular weight excluding hydrogens is 220 g/mol. The second-order valence-electron chi connectivity index (χ2n) is 2.95. The molecule has 1 N–H and O–H groups in total. The van der Waals surface area contributed by atoms with Gasteiger partial charge in [0, 0.05) is 6.07 Å². The fourth-order valence-corrected chi connectivity index (χ4v) is 1.13. The molecule has 0 heterocycles. The van der Waals surface area contributed by atoms with Gasteiger partial charge < -0.3 is 14.6 Å². The normalized spacial score (nSPS) is 8.82. The third-order valence-corrected chi connectivity index (χ3v) is 1.82. The molecule has 0 fully saturated rings.